The highest BCUT2D eigenvalue weighted by Gasteiger charge is 1.99. The van der Waals surface area contributed by atoms with Crippen LogP contribution >= 0.6 is 0 Å². The first kappa shape index (κ1) is 12.1. The Hall–Kier alpha value is -0.930. The van der Waals surface area contributed by atoms with Crippen LogP contribution in [0.15, 0.2) is 18.2 Å². The van der Waals surface area contributed by atoms with Crippen LogP contribution in [0.5, 0.6) is 0 Å². The normalized spacial score (nSPS) is 10.6. The third-order valence-electron chi connectivity index (χ3n) is 2.32. The maximum Gasteiger partial charge on any atom is 0.123 e. The van der Waals surface area contributed by atoms with E-state index in [1.807, 2.05) is 13.0 Å². The van der Waals surface area contributed by atoms with Gasteiger partial charge in [-0.15, -0.1) is 0 Å². The van der Waals surface area contributed by atoms with Crippen LogP contribution in [0.2, 0.25) is 0 Å². The molecule has 0 aliphatic heterocycles. The number of hydrogen-bond donors (Lipinski definition) is 1. The average Bonchev–Trinajstić information content (AvgIpc) is 2.20. The van der Waals surface area contributed by atoms with Crippen LogP contribution < -0.4 is 5.32 Å². The average molecular weight is 211 g/mol. The quantitative estimate of drug-likeness (QED) is 0.729. The first-order valence-electron chi connectivity index (χ1n) is 5.18. The van der Waals surface area contributed by atoms with Crippen LogP contribution in [0.4, 0.5) is 4.39 Å². The van der Waals surface area contributed by atoms with E-state index >= 15 is 0 Å². The molecule has 0 aliphatic rings. The van der Waals surface area contributed by atoms with Crippen LogP contribution in [0.3, 0.4) is 0 Å². The number of benzene rings is 1. The molecular formula is C12H18FNO. The number of aryl methyl sites for hydroxylation is 1. The molecule has 0 spiro atoms. The summed E-state index contributed by atoms with van der Waals surface area (Å²) in [6.45, 7) is 4.41. The van der Waals surface area contributed by atoms with E-state index in [2.05, 4.69) is 5.32 Å². The molecule has 84 valence electrons. The molecule has 0 aliphatic carbocycles. The Balaban J connectivity index is 2.31. The molecule has 1 aromatic carbocycles. The van der Waals surface area contributed by atoms with Gasteiger partial charge in [0.2, 0.25) is 0 Å². The molecule has 3 heteroatoms. The number of ether oxygens (including phenoxy) is 1. The summed E-state index contributed by atoms with van der Waals surface area (Å²) < 4.78 is 17.7. The third-order valence-corrected chi connectivity index (χ3v) is 2.32. The zero-order valence-electron chi connectivity index (χ0n) is 9.35. The zero-order valence-corrected chi connectivity index (χ0v) is 9.35. The Bertz CT molecular complexity index is 302. The fraction of sp³-hybridized carbons (Fsp3) is 0.500. The lowest BCUT2D eigenvalue weighted by Gasteiger charge is -2.07. The van der Waals surface area contributed by atoms with Gasteiger partial charge in [-0.2, -0.15) is 0 Å². The Labute approximate surface area is 90.4 Å². The van der Waals surface area contributed by atoms with Crippen molar-refractivity contribution in [2.75, 3.05) is 20.3 Å². The maximum absolute atomic E-state index is 12.8. The smallest absolute Gasteiger partial charge is 0.123 e. The van der Waals surface area contributed by atoms with Gasteiger partial charge in [-0.05, 0) is 43.1 Å². The standard InChI is InChI=1S/C12H18FNO/c1-10-8-12(13)5-4-11(10)9-14-6-3-7-15-2/h4-5,8,14H,3,6-7,9H2,1-2H3. The molecule has 0 unspecified atom stereocenters. The van der Waals surface area contributed by atoms with Gasteiger partial charge in [0.1, 0.15) is 5.82 Å². The zero-order chi connectivity index (χ0) is 11.1. The van der Waals surface area contributed by atoms with E-state index in [0.29, 0.717) is 0 Å². The number of methoxy groups -OCH3 is 1. The van der Waals surface area contributed by atoms with Gasteiger partial charge in [-0.25, -0.2) is 4.39 Å². The molecule has 1 aromatic rings. The topological polar surface area (TPSA) is 21.3 Å². The summed E-state index contributed by atoms with van der Waals surface area (Å²) in [4.78, 5) is 0. The van der Waals surface area contributed by atoms with Crippen molar-refractivity contribution in [1.29, 1.82) is 0 Å². The van der Waals surface area contributed by atoms with Gasteiger partial charge in [-0.1, -0.05) is 6.07 Å². The van der Waals surface area contributed by atoms with E-state index in [1.54, 1.807) is 13.2 Å². The lowest BCUT2D eigenvalue weighted by molar-refractivity contribution is 0.194. The molecule has 15 heavy (non-hydrogen) atoms. The lowest BCUT2D eigenvalue weighted by Crippen LogP contribution is -2.16. The van der Waals surface area contributed by atoms with Crippen molar-refractivity contribution in [3.63, 3.8) is 0 Å². The van der Waals surface area contributed by atoms with Gasteiger partial charge in [0.05, 0.1) is 0 Å². The predicted molar refractivity (Wildman–Crippen MR) is 59.3 cm³/mol. The first-order chi connectivity index (χ1) is 7.24. The molecule has 1 rings (SSSR count). The monoisotopic (exact) mass is 211 g/mol. The van der Waals surface area contributed by atoms with Crippen molar-refractivity contribution in [3.8, 4) is 0 Å². The molecule has 1 N–H and O–H groups in total. The Morgan fingerprint density at radius 2 is 2.20 bits per heavy atom. The molecule has 0 fully saturated rings. The van der Waals surface area contributed by atoms with Crippen LogP contribution in [-0.4, -0.2) is 20.3 Å². The van der Waals surface area contributed by atoms with E-state index in [4.69, 9.17) is 4.74 Å². The molecule has 0 amide bonds. The van der Waals surface area contributed by atoms with Crippen molar-refractivity contribution >= 4 is 0 Å². The second-order valence-corrected chi connectivity index (χ2v) is 3.59. The Morgan fingerprint density at radius 1 is 1.40 bits per heavy atom. The fourth-order valence-electron chi connectivity index (χ4n) is 1.42. The Kier molecular flexibility index (Phi) is 5.29. The predicted octanol–water partition coefficient (Wildman–Crippen LogP) is 2.26. The second kappa shape index (κ2) is 6.53. The summed E-state index contributed by atoms with van der Waals surface area (Å²) in [6, 6.07) is 4.89. The highest BCUT2D eigenvalue weighted by atomic mass is 19.1. The molecule has 0 bridgehead atoms. The van der Waals surface area contributed by atoms with Gasteiger partial charge < -0.3 is 10.1 Å². The SMILES string of the molecule is COCCCNCc1ccc(F)cc1C. The summed E-state index contributed by atoms with van der Waals surface area (Å²) in [5, 5.41) is 3.29. The van der Waals surface area contributed by atoms with Crippen molar-refractivity contribution in [2.24, 2.45) is 0 Å². The van der Waals surface area contributed by atoms with E-state index in [1.165, 1.54) is 6.07 Å². The highest BCUT2D eigenvalue weighted by Crippen LogP contribution is 2.09. The molecule has 0 saturated heterocycles. The number of rotatable bonds is 6. The van der Waals surface area contributed by atoms with Crippen LogP contribution in [0.25, 0.3) is 0 Å². The summed E-state index contributed by atoms with van der Waals surface area (Å²) in [5.41, 5.74) is 2.14. The largest absolute Gasteiger partial charge is 0.385 e. The highest BCUT2D eigenvalue weighted by molar-refractivity contribution is 5.26. The van der Waals surface area contributed by atoms with Crippen molar-refractivity contribution < 1.29 is 9.13 Å². The minimum absolute atomic E-state index is 0.171. The van der Waals surface area contributed by atoms with Crippen LogP contribution in [0.1, 0.15) is 17.5 Å². The van der Waals surface area contributed by atoms with Crippen molar-refractivity contribution in [3.05, 3.63) is 35.1 Å². The maximum atomic E-state index is 12.8. The number of hydrogen-bond acceptors (Lipinski definition) is 2. The van der Waals surface area contributed by atoms with Crippen molar-refractivity contribution in [1.82, 2.24) is 5.32 Å². The molecule has 0 radical (unpaired) electrons. The molecule has 0 atom stereocenters. The van der Waals surface area contributed by atoms with E-state index < -0.39 is 0 Å². The van der Waals surface area contributed by atoms with Gasteiger partial charge in [-0.3, -0.25) is 0 Å². The van der Waals surface area contributed by atoms with Gasteiger partial charge in [0.25, 0.3) is 0 Å². The lowest BCUT2D eigenvalue weighted by atomic mass is 10.1. The minimum atomic E-state index is -0.171. The molecule has 0 aromatic heterocycles. The van der Waals surface area contributed by atoms with Gasteiger partial charge in [0.15, 0.2) is 0 Å². The Morgan fingerprint density at radius 3 is 2.87 bits per heavy atom. The van der Waals surface area contributed by atoms with Gasteiger partial charge >= 0.3 is 0 Å². The van der Waals surface area contributed by atoms with Crippen molar-refractivity contribution in [2.45, 2.75) is 19.9 Å². The van der Waals surface area contributed by atoms with E-state index in [0.717, 1.165) is 37.2 Å². The summed E-state index contributed by atoms with van der Waals surface area (Å²) in [6.07, 6.45) is 0.997. The minimum Gasteiger partial charge on any atom is -0.385 e. The third kappa shape index (κ3) is 4.40. The van der Waals surface area contributed by atoms with Crippen LogP contribution in [0, 0.1) is 12.7 Å². The summed E-state index contributed by atoms with van der Waals surface area (Å²) in [7, 11) is 1.70. The van der Waals surface area contributed by atoms with E-state index in [-0.39, 0.29) is 5.82 Å². The number of halogens is 1. The second-order valence-electron chi connectivity index (χ2n) is 3.59. The summed E-state index contributed by atoms with van der Waals surface area (Å²) >= 11 is 0. The summed E-state index contributed by atoms with van der Waals surface area (Å²) in [5.74, 6) is -0.171. The fourth-order valence-corrected chi connectivity index (χ4v) is 1.42. The van der Waals surface area contributed by atoms with Gasteiger partial charge in [0, 0.05) is 20.3 Å². The molecular weight excluding hydrogens is 193 g/mol. The van der Waals surface area contributed by atoms with Crippen LogP contribution in [-0.2, 0) is 11.3 Å². The first-order valence-corrected chi connectivity index (χ1v) is 5.18. The molecule has 0 saturated carbocycles. The number of nitrogens with one attached hydrogen (secondary N) is 1. The molecule has 2 nitrogen and oxygen atoms in total. The molecule has 0 heterocycles. The van der Waals surface area contributed by atoms with E-state index in [9.17, 15) is 4.39 Å².